The van der Waals surface area contributed by atoms with Gasteiger partial charge >= 0.3 is 0 Å². The van der Waals surface area contributed by atoms with Crippen molar-refractivity contribution in [3.63, 3.8) is 0 Å². The molecule has 1 aromatic heterocycles. The van der Waals surface area contributed by atoms with E-state index in [0.717, 1.165) is 16.4 Å². The van der Waals surface area contributed by atoms with Crippen molar-refractivity contribution in [1.82, 2.24) is 5.06 Å². The van der Waals surface area contributed by atoms with Crippen LogP contribution in [0.5, 0.6) is 0 Å². The molecule has 0 bridgehead atoms. The molecule has 14 heavy (non-hydrogen) atoms. The number of carbonyl (C=O) groups excluding carboxylic acids is 1. The molecular weight excluding hydrogens is 218 g/mol. The van der Waals surface area contributed by atoms with Crippen LogP contribution in [0.3, 0.4) is 0 Å². The number of thiophene rings is 1. The molecule has 2 heterocycles. The Hall–Kier alpha value is -0.520. The number of nitrogens with zero attached hydrogens (tertiary/aromatic N) is 1. The molecule has 0 N–H and O–H groups in total. The minimum absolute atomic E-state index is 0.0584. The minimum Gasteiger partial charge on any atom is -0.274 e. The lowest BCUT2D eigenvalue weighted by molar-refractivity contribution is -0.0753. The van der Waals surface area contributed by atoms with Gasteiger partial charge in [-0.1, -0.05) is 0 Å². The maximum Gasteiger partial charge on any atom is 0.287 e. The fourth-order valence-corrected chi connectivity index (χ4v) is 3.78. The predicted molar refractivity (Wildman–Crippen MR) is 58.4 cm³/mol. The van der Waals surface area contributed by atoms with Crippen LogP contribution in [0.15, 0.2) is 6.07 Å². The van der Waals surface area contributed by atoms with E-state index in [1.807, 2.05) is 17.8 Å². The van der Waals surface area contributed by atoms with Crippen molar-refractivity contribution in [3.8, 4) is 0 Å². The highest BCUT2D eigenvalue weighted by Gasteiger charge is 2.20. The molecule has 1 aliphatic rings. The highest BCUT2D eigenvalue weighted by molar-refractivity contribution is 7.98. The molecular formula is C9H11NO2S2. The van der Waals surface area contributed by atoms with Gasteiger partial charge in [0, 0.05) is 23.4 Å². The standard InChI is InChI=1S/C9H11NO2S2/c1-10(12-2)9(11)7-3-6-4-13-5-8(6)14-7/h3H,4-5H2,1-2H3. The zero-order valence-corrected chi connectivity index (χ0v) is 9.70. The third kappa shape index (κ3) is 1.67. The molecule has 1 aromatic rings. The van der Waals surface area contributed by atoms with Crippen LogP contribution in [0.4, 0.5) is 0 Å². The van der Waals surface area contributed by atoms with Crippen LogP contribution < -0.4 is 0 Å². The van der Waals surface area contributed by atoms with Crippen LogP contribution in [-0.2, 0) is 16.3 Å². The van der Waals surface area contributed by atoms with Crippen LogP contribution in [0, 0.1) is 0 Å². The monoisotopic (exact) mass is 229 g/mol. The number of hydrogen-bond donors (Lipinski definition) is 0. The van der Waals surface area contributed by atoms with E-state index in [1.54, 1.807) is 18.4 Å². The van der Waals surface area contributed by atoms with Crippen molar-refractivity contribution in [2.45, 2.75) is 11.5 Å². The lowest BCUT2D eigenvalue weighted by atomic mass is 10.3. The second kappa shape index (κ2) is 3.92. The van der Waals surface area contributed by atoms with Crippen molar-refractivity contribution in [2.24, 2.45) is 0 Å². The molecule has 0 radical (unpaired) electrons. The first-order chi connectivity index (χ1) is 6.72. The van der Waals surface area contributed by atoms with Gasteiger partial charge in [-0.2, -0.15) is 11.8 Å². The highest BCUT2D eigenvalue weighted by atomic mass is 32.2. The Morgan fingerprint density at radius 1 is 1.57 bits per heavy atom. The molecule has 0 unspecified atom stereocenters. The maximum absolute atomic E-state index is 11.7. The maximum atomic E-state index is 11.7. The van der Waals surface area contributed by atoms with Gasteiger partial charge in [0.1, 0.15) is 0 Å². The number of amides is 1. The van der Waals surface area contributed by atoms with Crippen molar-refractivity contribution >= 4 is 29.0 Å². The summed E-state index contributed by atoms with van der Waals surface area (Å²) in [6.45, 7) is 0. The molecule has 0 saturated carbocycles. The average molecular weight is 229 g/mol. The largest absolute Gasteiger partial charge is 0.287 e. The van der Waals surface area contributed by atoms with Gasteiger partial charge < -0.3 is 0 Å². The Kier molecular flexibility index (Phi) is 2.80. The zero-order chi connectivity index (χ0) is 10.1. The third-order valence-corrected chi connectivity index (χ3v) is 4.51. The Morgan fingerprint density at radius 3 is 3.00 bits per heavy atom. The van der Waals surface area contributed by atoms with E-state index in [9.17, 15) is 4.79 Å². The van der Waals surface area contributed by atoms with Crippen molar-refractivity contribution in [3.05, 3.63) is 21.4 Å². The smallest absolute Gasteiger partial charge is 0.274 e. The van der Waals surface area contributed by atoms with Gasteiger partial charge in [-0.25, -0.2) is 5.06 Å². The number of carbonyl (C=O) groups is 1. The van der Waals surface area contributed by atoms with Gasteiger partial charge in [-0.15, -0.1) is 11.3 Å². The summed E-state index contributed by atoms with van der Waals surface area (Å²) >= 11 is 3.48. The summed E-state index contributed by atoms with van der Waals surface area (Å²) in [5, 5.41) is 1.26. The molecule has 2 rings (SSSR count). The quantitative estimate of drug-likeness (QED) is 0.728. The Morgan fingerprint density at radius 2 is 2.36 bits per heavy atom. The Bertz CT molecular complexity index is 340. The van der Waals surface area contributed by atoms with E-state index < -0.39 is 0 Å². The minimum atomic E-state index is -0.0584. The topological polar surface area (TPSA) is 29.5 Å². The van der Waals surface area contributed by atoms with E-state index in [-0.39, 0.29) is 5.91 Å². The van der Waals surface area contributed by atoms with Crippen LogP contribution in [-0.4, -0.2) is 25.1 Å². The van der Waals surface area contributed by atoms with Crippen LogP contribution >= 0.6 is 23.1 Å². The molecule has 0 aromatic carbocycles. The van der Waals surface area contributed by atoms with Crippen molar-refractivity contribution in [1.29, 1.82) is 0 Å². The summed E-state index contributed by atoms with van der Waals surface area (Å²) in [6, 6.07) is 1.98. The highest BCUT2D eigenvalue weighted by Crippen LogP contribution is 2.36. The molecule has 0 saturated heterocycles. The summed E-state index contributed by atoms with van der Waals surface area (Å²) in [5.74, 6) is 2.02. The van der Waals surface area contributed by atoms with Gasteiger partial charge in [-0.05, 0) is 11.6 Å². The SMILES string of the molecule is CON(C)C(=O)c1cc2c(s1)CSC2. The van der Waals surface area contributed by atoms with E-state index in [1.165, 1.54) is 22.6 Å². The number of hydrogen-bond acceptors (Lipinski definition) is 4. The van der Waals surface area contributed by atoms with Gasteiger partial charge in [-0.3, -0.25) is 9.63 Å². The number of thioether (sulfide) groups is 1. The first-order valence-corrected chi connectivity index (χ1v) is 6.21. The van der Waals surface area contributed by atoms with Gasteiger partial charge in [0.2, 0.25) is 0 Å². The molecule has 1 amide bonds. The Labute approximate surface area is 91.0 Å². The second-order valence-corrected chi connectivity index (χ2v) is 5.16. The molecule has 5 heteroatoms. The number of fused-ring (bicyclic) bond motifs is 1. The normalized spacial score (nSPS) is 14.1. The molecule has 0 atom stereocenters. The predicted octanol–water partition coefficient (Wildman–Crippen LogP) is 2.13. The lowest BCUT2D eigenvalue weighted by Gasteiger charge is -2.11. The fraction of sp³-hybridized carbons (Fsp3) is 0.444. The first kappa shape index (κ1) is 10.0. The second-order valence-electron chi connectivity index (χ2n) is 3.04. The first-order valence-electron chi connectivity index (χ1n) is 4.24. The van der Waals surface area contributed by atoms with Crippen LogP contribution in [0.1, 0.15) is 20.1 Å². The average Bonchev–Trinajstić information content (AvgIpc) is 2.74. The molecule has 1 aliphatic heterocycles. The molecule has 0 fully saturated rings. The molecule has 3 nitrogen and oxygen atoms in total. The summed E-state index contributed by atoms with van der Waals surface area (Å²) in [6.07, 6.45) is 0. The van der Waals surface area contributed by atoms with E-state index in [4.69, 9.17) is 4.84 Å². The van der Waals surface area contributed by atoms with Gasteiger partial charge in [0.25, 0.3) is 5.91 Å². The Balaban J connectivity index is 2.21. The van der Waals surface area contributed by atoms with Crippen LogP contribution in [0.25, 0.3) is 0 Å². The van der Waals surface area contributed by atoms with Crippen molar-refractivity contribution < 1.29 is 9.63 Å². The fourth-order valence-electron chi connectivity index (χ4n) is 1.31. The number of rotatable bonds is 2. The van der Waals surface area contributed by atoms with Crippen LogP contribution in [0.2, 0.25) is 0 Å². The molecule has 76 valence electrons. The molecule has 0 aliphatic carbocycles. The van der Waals surface area contributed by atoms with Gasteiger partial charge in [0.15, 0.2) is 0 Å². The summed E-state index contributed by atoms with van der Waals surface area (Å²) in [5.41, 5.74) is 1.31. The number of hydroxylamine groups is 2. The summed E-state index contributed by atoms with van der Waals surface area (Å²) < 4.78 is 0. The van der Waals surface area contributed by atoms with Gasteiger partial charge in [0.05, 0.1) is 12.0 Å². The van der Waals surface area contributed by atoms with E-state index >= 15 is 0 Å². The third-order valence-electron chi connectivity index (χ3n) is 2.16. The lowest BCUT2D eigenvalue weighted by Crippen LogP contribution is -2.24. The summed E-state index contributed by atoms with van der Waals surface area (Å²) in [7, 11) is 3.12. The summed E-state index contributed by atoms with van der Waals surface area (Å²) in [4.78, 5) is 18.7. The van der Waals surface area contributed by atoms with Crippen molar-refractivity contribution in [2.75, 3.05) is 14.2 Å². The van der Waals surface area contributed by atoms with E-state index in [2.05, 4.69) is 0 Å². The zero-order valence-electron chi connectivity index (χ0n) is 8.07. The van der Waals surface area contributed by atoms with E-state index in [0.29, 0.717) is 0 Å². The molecule has 0 spiro atoms.